The predicted molar refractivity (Wildman–Crippen MR) is 149 cm³/mol. The van der Waals surface area contributed by atoms with Gasteiger partial charge < -0.3 is 34.1 Å². The molecule has 0 bridgehead atoms. The molecule has 224 valence electrons. The smallest absolute Gasteiger partial charge is 0.340 e. The molecule has 0 amide bonds. The Kier molecular flexibility index (Phi) is 7.42. The highest BCUT2D eigenvalue weighted by atomic mass is 16.6. The minimum Gasteiger partial charge on any atom is -0.504 e. The van der Waals surface area contributed by atoms with Crippen molar-refractivity contribution in [3.63, 3.8) is 0 Å². The van der Waals surface area contributed by atoms with Gasteiger partial charge in [-0.2, -0.15) is 0 Å². The summed E-state index contributed by atoms with van der Waals surface area (Å²) in [4.78, 5) is 53.0. The Bertz CT molecular complexity index is 1470. The third kappa shape index (κ3) is 4.29. The van der Waals surface area contributed by atoms with E-state index in [1.54, 1.807) is 32.0 Å². The van der Waals surface area contributed by atoms with Gasteiger partial charge in [0.15, 0.2) is 5.76 Å². The first-order valence-electron chi connectivity index (χ1n) is 13.7. The number of nitrogens with one attached hydrogen (secondary N) is 1. The van der Waals surface area contributed by atoms with Crippen molar-refractivity contribution in [2.75, 3.05) is 33.3 Å². The largest absolute Gasteiger partial charge is 0.504 e. The first-order valence-corrected chi connectivity index (χ1v) is 13.7. The molecule has 0 aromatic heterocycles. The lowest BCUT2D eigenvalue weighted by atomic mass is 9.53. The predicted octanol–water partition coefficient (Wildman–Crippen LogP) is 3.59. The fourth-order valence-electron chi connectivity index (χ4n) is 7.17. The van der Waals surface area contributed by atoms with Gasteiger partial charge in [0.1, 0.15) is 29.5 Å². The van der Waals surface area contributed by atoms with Gasteiger partial charge in [0, 0.05) is 61.6 Å². The Morgan fingerprint density at radius 1 is 1.17 bits per heavy atom. The quantitative estimate of drug-likeness (QED) is 0.360. The van der Waals surface area contributed by atoms with Crippen LogP contribution in [0.25, 0.3) is 0 Å². The molecule has 0 unspecified atom stereocenters. The Balaban J connectivity index is 1.72. The minimum absolute atomic E-state index is 0.0241. The van der Waals surface area contributed by atoms with Gasteiger partial charge in [0.2, 0.25) is 5.78 Å². The first-order chi connectivity index (χ1) is 19.9. The summed E-state index contributed by atoms with van der Waals surface area (Å²) in [6, 6.07) is 5.05. The summed E-state index contributed by atoms with van der Waals surface area (Å²) in [7, 11) is 4.45. The number of Topliss-reactive ketones (excluding diaryl/α,β-unsaturated/α-hetero) is 2. The van der Waals surface area contributed by atoms with Crippen LogP contribution in [-0.4, -0.2) is 68.8 Å². The van der Waals surface area contributed by atoms with Crippen LogP contribution in [0.5, 0.6) is 11.5 Å². The number of fused-ring (bicyclic) bond motifs is 4. The van der Waals surface area contributed by atoms with Crippen molar-refractivity contribution in [2.45, 2.75) is 52.2 Å². The number of ketones is 2. The number of hydrogen-bond donors (Lipinski definition) is 2. The van der Waals surface area contributed by atoms with Crippen LogP contribution >= 0.6 is 0 Å². The molecule has 3 aliphatic carbocycles. The molecule has 1 aliphatic heterocycles. The van der Waals surface area contributed by atoms with Gasteiger partial charge in [-0.3, -0.25) is 14.4 Å². The molecule has 0 spiro atoms. The van der Waals surface area contributed by atoms with Crippen LogP contribution in [0.4, 0.5) is 5.69 Å². The van der Waals surface area contributed by atoms with Crippen LogP contribution in [0.1, 0.15) is 40.0 Å². The number of anilines is 1. The van der Waals surface area contributed by atoms with E-state index in [9.17, 15) is 24.3 Å². The average Bonchev–Trinajstić information content (AvgIpc) is 3.24. The normalized spacial score (nSPS) is 31.3. The zero-order valence-electron chi connectivity index (χ0n) is 24.5. The van der Waals surface area contributed by atoms with Crippen LogP contribution in [-0.2, 0) is 33.4 Å². The Hall–Kier alpha value is -4.12. The molecular weight excluding hydrogens is 546 g/mol. The highest BCUT2D eigenvalue weighted by Gasteiger charge is 2.64. The second kappa shape index (κ2) is 10.6. The molecule has 5 atom stereocenters. The van der Waals surface area contributed by atoms with Gasteiger partial charge in [0.05, 0.1) is 37.5 Å². The molecule has 4 aliphatic rings. The van der Waals surface area contributed by atoms with Gasteiger partial charge in [-0.15, -0.1) is 0 Å². The van der Waals surface area contributed by atoms with Crippen LogP contribution < -0.4 is 14.8 Å². The fourth-order valence-corrected chi connectivity index (χ4v) is 7.17. The molecule has 1 saturated carbocycles. The Morgan fingerprint density at radius 3 is 2.55 bits per heavy atom. The lowest BCUT2D eigenvalue weighted by molar-refractivity contribution is -0.160. The van der Waals surface area contributed by atoms with Gasteiger partial charge in [-0.1, -0.05) is 6.92 Å². The molecule has 1 saturated heterocycles. The van der Waals surface area contributed by atoms with Crippen LogP contribution in [0.15, 0.2) is 52.5 Å². The van der Waals surface area contributed by atoms with E-state index in [1.807, 2.05) is 0 Å². The van der Waals surface area contributed by atoms with Crippen molar-refractivity contribution in [3.8, 4) is 11.5 Å². The third-order valence-corrected chi connectivity index (χ3v) is 9.20. The Labute approximate surface area is 243 Å². The van der Waals surface area contributed by atoms with Crippen molar-refractivity contribution >= 4 is 29.2 Å². The molecule has 2 fully saturated rings. The summed E-state index contributed by atoms with van der Waals surface area (Å²) in [5.41, 5.74) is -1.23. The van der Waals surface area contributed by atoms with Crippen molar-refractivity contribution in [1.82, 2.24) is 0 Å². The number of benzene rings is 1. The van der Waals surface area contributed by atoms with Crippen LogP contribution in [0.3, 0.4) is 0 Å². The molecule has 11 nitrogen and oxygen atoms in total. The first kappa shape index (κ1) is 29.4. The summed E-state index contributed by atoms with van der Waals surface area (Å²) in [5, 5.41) is 14.6. The number of carbonyl (C=O) groups is 4. The molecule has 1 heterocycles. The lowest BCUT2D eigenvalue weighted by Crippen LogP contribution is -2.57. The molecule has 1 aromatic rings. The molecule has 2 N–H and O–H groups in total. The zero-order chi connectivity index (χ0) is 30.6. The minimum atomic E-state index is -1.34. The van der Waals surface area contributed by atoms with Gasteiger partial charge in [0.25, 0.3) is 0 Å². The highest BCUT2D eigenvalue weighted by molar-refractivity contribution is 6.14. The maximum absolute atomic E-state index is 14.1. The van der Waals surface area contributed by atoms with E-state index in [-0.39, 0.29) is 42.0 Å². The Morgan fingerprint density at radius 2 is 1.90 bits per heavy atom. The number of hydrogen-bond acceptors (Lipinski definition) is 11. The number of allylic oxidation sites excluding steroid dienone is 1. The summed E-state index contributed by atoms with van der Waals surface area (Å²) in [6.07, 6.45) is 0.241. The lowest BCUT2D eigenvalue weighted by Gasteiger charge is -2.53. The van der Waals surface area contributed by atoms with Crippen molar-refractivity contribution in [2.24, 2.45) is 16.7 Å². The number of aliphatic hydroxyl groups is 1. The number of ether oxygens (including phenoxy) is 5. The molecule has 11 heteroatoms. The number of esters is 2. The summed E-state index contributed by atoms with van der Waals surface area (Å²) in [6.45, 7) is 4.72. The highest BCUT2D eigenvalue weighted by Crippen LogP contribution is 2.62. The zero-order valence-corrected chi connectivity index (χ0v) is 24.5. The van der Waals surface area contributed by atoms with E-state index in [4.69, 9.17) is 23.7 Å². The van der Waals surface area contributed by atoms with Crippen LogP contribution in [0, 0.1) is 16.7 Å². The van der Waals surface area contributed by atoms with E-state index in [2.05, 4.69) is 5.32 Å². The standard InChI is InChI=1S/C31H35NO10/c1-15(33)41-21-12-30(2)18(8-10-22(30)34)24-26(21)31(3)23(14-38-4)42-29(37)17(25(31)28(36)27(24)35)13-32-19-11-16(39-5)7-9-20(19)40-6/h7,9,11,13,18,21,23,32,36H,8,10,12,14H2,1-6H3/b17-13-/t18-,21+,23+,30-,31-/m0/s1. The van der Waals surface area contributed by atoms with E-state index in [0.717, 1.165) is 0 Å². The summed E-state index contributed by atoms with van der Waals surface area (Å²) < 4.78 is 27.9. The number of cyclic esters (lactones) is 1. The number of methoxy groups -OCH3 is 3. The van der Waals surface area contributed by atoms with E-state index in [0.29, 0.717) is 29.2 Å². The van der Waals surface area contributed by atoms with E-state index < -0.39 is 52.4 Å². The van der Waals surface area contributed by atoms with E-state index >= 15 is 0 Å². The van der Waals surface area contributed by atoms with Gasteiger partial charge >= 0.3 is 11.9 Å². The van der Waals surface area contributed by atoms with Gasteiger partial charge in [-0.25, -0.2) is 4.79 Å². The molecule has 1 aromatic carbocycles. The molecule has 42 heavy (non-hydrogen) atoms. The number of rotatable bonds is 7. The van der Waals surface area contributed by atoms with Gasteiger partial charge in [-0.05, 0) is 31.1 Å². The van der Waals surface area contributed by atoms with Crippen molar-refractivity contribution in [3.05, 3.63) is 52.5 Å². The second-order valence-corrected chi connectivity index (χ2v) is 11.4. The third-order valence-electron chi connectivity index (χ3n) is 9.20. The maximum Gasteiger partial charge on any atom is 0.340 e. The second-order valence-electron chi connectivity index (χ2n) is 11.4. The SMILES string of the molecule is COC[C@H]1OC(=O)/C(=C\Nc2cc(OC)ccc2OC)C2=C(O)C(=O)C3=C([C@H](OC(C)=O)C[C@]4(C)C(=O)CC[C@@H]34)[C@]21C. The van der Waals surface area contributed by atoms with Crippen LogP contribution in [0.2, 0.25) is 0 Å². The van der Waals surface area contributed by atoms with E-state index in [1.165, 1.54) is 34.5 Å². The number of aliphatic hydroxyl groups excluding tert-OH is 1. The topological polar surface area (TPSA) is 147 Å². The monoisotopic (exact) mass is 581 g/mol. The number of carbonyl (C=O) groups excluding carboxylic acids is 4. The molecule has 0 radical (unpaired) electrons. The van der Waals surface area contributed by atoms with Crippen molar-refractivity contribution < 1.29 is 48.0 Å². The average molecular weight is 582 g/mol. The summed E-state index contributed by atoms with van der Waals surface area (Å²) >= 11 is 0. The molecular formula is C31H35NO10. The maximum atomic E-state index is 14.1. The molecule has 5 rings (SSSR count). The summed E-state index contributed by atoms with van der Waals surface area (Å²) in [5.74, 6) is -2.24. The fraction of sp³-hybridized carbons (Fsp3) is 0.484. The van der Waals surface area contributed by atoms with Crippen molar-refractivity contribution in [1.29, 1.82) is 0 Å².